The maximum atomic E-state index is 12.4. The van der Waals surface area contributed by atoms with Crippen molar-refractivity contribution in [2.45, 2.75) is 58.0 Å². The lowest BCUT2D eigenvalue weighted by molar-refractivity contribution is -0.140. The van der Waals surface area contributed by atoms with Crippen molar-refractivity contribution in [2.24, 2.45) is 17.1 Å². The second kappa shape index (κ2) is 5.12. The van der Waals surface area contributed by atoms with E-state index in [-0.39, 0.29) is 24.4 Å². The van der Waals surface area contributed by atoms with E-state index < -0.39 is 11.4 Å². The summed E-state index contributed by atoms with van der Waals surface area (Å²) in [7, 11) is 0. The summed E-state index contributed by atoms with van der Waals surface area (Å²) >= 11 is 0. The van der Waals surface area contributed by atoms with E-state index in [1.54, 1.807) is 0 Å². The molecule has 1 aliphatic carbocycles. The molecule has 1 saturated carbocycles. The molecule has 0 radical (unpaired) electrons. The van der Waals surface area contributed by atoms with Gasteiger partial charge in [0.05, 0.1) is 6.42 Å². The molecular weight excluding hydrogens is 244 g/mol. The molecule has 0 spiro atoms. The molecule has 19 heavy (non-hydrogen) atoms. The number of carbonyl (C=O) groups is 2. The van der Waals surface area contributed by atoms with Gasteiger partial charge in [-0.3, -0.25) is 9.59 Å². The first-order valence-electron chi connectivity index (χ1n) is 7.04. The molecule has 1 heterocycles. The molecule has 1 amide bonds. The molecule has 2 aliphatic rings. The summed E-state index contributed by atoms with van der Waals surface area (Å²) in [5, 5.41) is 8.87. The predicted molar refractivity (Wildman–Crippen MR) is 71.5 cm³/mol. The maximum absolute atomic E-state index is 12.4. The molecule has 2 bridgehead atoms. The van der Waals surface area contributed by atoms with E-state index in [0.717, 1.165) is 25.8 Å². The van der Waals surface area contributed by atoms with Gasteiger partial charge < -0.3 is 15.7 Å². The zero-order valence-corrected chi connectivity index (χ0v) is 11.8. The van der Waals surface area contributed by atoms with Gasteiger partial charge in [0.25, 0.3) is 0 Å². The van der Waals surface area contributed by atoms with E-state index in [1.807, 2.05) is 18.7 Å². The van der Waals surface area contributed by atoms with Crippen LogP contribution in [0.5, 0.6) is 0 Å². The highest BCUT2D eigenvalue weighted by molar-refractivity contribution is 5.78. The van der Waals surface area contributed by atoms with E-state index in [9.17, 15) is 9.59 Å². The Bertz CT molecular complexity index is 381. The number of hydrogen-bond donors (Lipinski definition) is 2. The number of carbonyl (C=O) groups excluding carboxylic acids is 1. The van der Waals surface area contributed by atoms with Crippen molar-refractivity contribution < 1.29 is 14.7 Å². The number of amides is 1. The van der Waals surface area contributed by atoms with Crippen molar-refractivity contribution in [1.82, 2.24) is 4.90 Å². The van der Waals surface area contributed by atoms with Crippen molar-refractivity contribution in [3.05, 3.63) is 0 Å². The van der Waals surface area contributed by atoms with Crippen LogP contribution in [0.25, 0.3) is 0 Å². The third-order valence-electron chi connectivity index (χ3n) is 4.29. The highest BCUT2D eigenvalue weighted by Crippen LogP contribution is 2.36. The summed E-state index contributed by atoms with van der Waals surface area (Å²) in [6, 6.07) is 0.496. The lowest BCUT2D eigenvalue weighted by atomic mass is 9.85. The van der Waals surface area contributed by atoms with Crippen LogP contribution in [0.4, 0.5) is 0 Å². The summed E-state index contributed by atoms with van der Waals surface area (Å²) in [4.78, 5) is 25.1. The van der Waals surface area contributed by atoms with Crippen LogP contribution < -0.4 is 5.73 Å². The number of fused-ring (bicyclic) bond motifs is 2. The fourth-order valence-corrected chi connectivity index (χ4v) is 3.57. The van der Waals surface area contributed by atoms with Crippen LogP contribution in [0.2, 0.25) is 0 Å². The van der Waals surface area contributed by atoms with Crippen LogP contribution in [-0.4, -0.2) is 40.5 Å². The van der Waals surface area contributed by atoms with Crippen LogP contribution in [-0.2, 0) is 9.59 Å². The average molecular weight is 268 g/mol. The molecule has 2 rings (SSSR count). The van der Waals surface area contributed by atoms with Crippen LogP contribution >= 0.6 is 0 Å². The van der Waals surface area contributed by atoms with Crippen molar-refractivity contribution in [1.29, 1.82) is 0 Å². The standard InChI is InChI=1S/C14H24N2O3/c1-14(2,7-13(18)19)6-12(17)16-8-9-3-10(15)5-11(16)4-9/h9-11H,3-8,15H2,1-2H3,(H,18,19). The molecule has 0 aromatic rings. The van der Waals surface area contributed by atoms with Gasteiger partial charge in [-0.2, -0.15) is 0 Å². The lowest BCUT2D eigenvalue weighted by Gasteiger charge is -2.30. The number of likely N-dealkylation sites (tertiary alicyclic amines) is 1. The minimum absolute atomic E-state index is 0.0280. The Balaban J connectivity index is 1.95. The van der Waals surface area contributed by atoms with Crippen LogP contribution in [0, 0.1) is 11.3 Å². The van der Waals surface area contributed by atoms with Crippen LogP contribution in [0.15, 0.2) is 0 Å². The molecule has 108 valence electrons. The van der Waals surface area contributed by atoms with Gasteiger partial charge in [0.15, 0.2) is 0 Å². The number of carboxylic acid groups (broad SMARTS) is 1. The number of nitrogens with two attached hydrogens (primary N) is 1. The van der Waals surface area contributed by atoms with Gasteiger partial charge in [-0.05, 0) is 30.6 Å². The fraction of sp³-hybridized carbons (Fsp3) is 0.857. The Morgan fingerprint density at radius 2 is 1.95 bits per heavy atom. The van der Waals surface area contributed by atoms with Crippen LogP contribution in [0.1, 0.15) is 46.0 Å². The minimum Gasteiger partial charge on any atom is -0.481 e. The molecule has 5 heteroatoms. The van der Waals surface area contributed by atoms with Gasteiger partial charge in [-0.1, -0.05) is 13.8 Å². The largest absolute Gasteiger partial charge is 0.481 e. The highest BCUT2D eigenvalue weighted by Gasteiger charge is 2.41. The number of nitrogens with zero attached hydrogens (tertiary/aromatic N) is 1. The first kappa shape index (κ1) is 14.3. The van der Waals surface area contributed by atoms with E-state index >= 15 is 0 Å². The fourth-order valence-electron chi connectivity index (χ4n) is 3.57. The molecule has 2 fully saturated rings. The van der Waals surface area contributed by atoms with Crippen molar-refractivity contribution in [3.8, 4) is 0 Å². The quantitative estimate of drug-likeness (QED) is 0.803. The highest BCUT2D eigenvalue weighted by atomic mass is 16.4. The van der Waals surface area contributed by atoms with Gasteiger partial charge in [0, 0.05) is 25.0 Å². The smallest absolute Gasteiger partial charge is 0.303 e. The first-order chi connectivity index (χ1) is 8.77. The molecule has 3 atom stereocenters. The van der Waals surface area contributed by atoms with Gasteiger partial charge >= 0.3 is 5.97 Å². The Hall–Kier alpha value is -1.10. The first-order valence-corrected chi connectivity index (χ1v) is 7.04. The number of hydrogen-bond acceptors (Lipinski definition) is 3. The monoisotopic (exact) mass is 268 g/mol. The van der Waals surface area contributed by atoms with Crippen molar-refractivity contribution >= 4 is 11.9 Å². The van der Waals surface area contributed by atoms with E-state index in [2.05, 4.69) is 0 Å². The Morgan fingerprint density at radius 3 is 2.58 bits per heavy atom. The molecule has 3 N–H and O–H groups in total. The van der Waals surface area contributed by atoms with E-state index in [1.165, 1.54) is 0 Å². The Morgan fingerprint density at radius 1 is 1.26 bits per heavy atom. The summed E-state index contributed by atoms with van der Waals surface area (Å²) in [6.07, 6.45) is 3.30. The van der Waals surface area contributed by atoms with E-state index in [4.69, 9.17) is 10.8 Å². The van der Waals surface area contributed by atoms with E-state index in [0.29, 0.717) is 12.3 Å². The molecule has 0 aromatic carbocycles. The topological polar surface area (TPSA) is 83.6 Å². The van der Waals surface area contributed by atoms with Crippen LogP contribution in [0.3, 0.4) is 0 Å². The van der Waals surface area contributed by atoms with Gasteiger partial charge in [-0.25, -0.2) is 0 Å². The molecule has 3 unspecified atom stereocenters. The third-order valence-corrected chi connectivity index (χ3v) is 4.29. The summed E-state index contributed by atoms with van der Waals surface area (Å²) < 4.78 is 0. The summed E-state index contributed by atoms with van der Waals surface area (Å²) in [5.41, 5.74) is 5.51. The second-order valence-corrected chi connectivity index (χ2v) is 6.94. The van der Waals surface area contributed by atoms with Gasteiger partial charge in [0.2, 0.25) is 5.91 Å². The maximum Gasteiger partial charge on any atom is 0.303 e. The van der Waals surface area contributed by atoms with Gasteiger partial charge in [-0.15, -0.1) is 0 Å². The van der Waals surface area contributed by atoms with Crippen molar-refractivity contribution in [2.75, 3.05) is 6.54 Å². The summed E-state index contributed by atoms with van der Waals surface area (Å²) in [6.45, 7) is 4.49. The van der Waals surface area contributed by atoms with Gasteiger partial charge in [0.1, 0.15) is 0 Å². The zero-order chi connectivity index (χ0) is 14.2. The molecular formula is C14H24N2O3. The van der Waals surface area contributed by atoms with Crippen molar-refractivity contribution in [3.63, 3.8) is 0 Å². The number of rotatable bonds is 4. The minimum atomic E-state index is -0.847. The molecule has 1 aliphatic heterocycles. The third kappa shape index (κ3) is 3.47. The lowest BCUT2D eigenvalue weighted by Crippen LogP contribution is -2.40. The predicted octanol–water partition coefficient (Wildman–Crippen LogP) is 1.22. The average Bonchev–Trinajstić information content (AvgIpc) is 2.50. The normalized spacial score (nSPS) is 30.5. The number of aliphatic carboxylic acids is 1. The Labute approximate surface area is 114 Å². The number of carboxylic acids is 1. The SMILES string of the molecule is CC(C)(CC(=O)O)CC(=O)N1CC2CC(N)CC1C2. The second-order valence-electron chi connectivity index (χ2n) is 6.94. The Kier molecular flexibility index (Phi) is 3.85. The molecule has 1 saturated heterocycles. The molecule has 5 nitrogen and oxygen atoms in total. The zero-order valence-electron chi connectivity index (χ0n) is 11.8. The molecule has 0 aromatic heterocycles. The summed E-state index contributed by atoms with van der Waals surface area (Å²) in [5.74, 6) is -0.215.